The Morgan fingerprint density at radius 2 is 1.96 bits per heavy atom. The second-order valence-corrected chi connectivity index (χ2v) is 8.16. The molecule has 1 amide bonds. The lowest BCUT2D eigenvalue weighted by Gasteiger charge is -2.21. The van der Waals surface area contributed by atoms with Gasteiger partial charge in [0.25, 0.3) is 5.91 Å². The minimum atomic E-state index is -0.419. The van der Waals surface area contributed by atoms with Gasteiger partial charge in [0.2, 0.25) is 0 Å². The highest BCUT2D eigenvalue weighted by Crippen LogP contribution is 2.31. The number of hydrogen-bond donors (Lipinski definition) is 0. The summed E-state index contributed by atoms with van der Waals surface area (Å²) >= 11 is 4.92. The molecule has 3 aromatic rings. The molecule has 0 spiro atoms. The van der Waals surface area contributed by atoms with E-state index >= 15 is 0 Å². The van der Waals surface area contributed by atoms with Crippen LogP contribution in [0.5, 0.6) is 0 Å². The standard InChI is InChI=1S/C19H19BrFN3OS.ClH/c1-23(2)9-4-10-24(18(25)13-5-3-6-15(21)11-13)19-22-16-8-7-14(20)12-17(16)26-19;/h3,5-8,11-12H,4,9-10H2,1-2H3;1H. The molecule has 1 heterocycles. The Morgan fingerprint density at radius 1 is 1.19 bits per heavy atom. The highest BCUT2D eigenvalue weighted by molar-refractivity contribution is 9.10. The Morgan fingerprint density at radius 3 is 2.67 bits per heavy atom. The van der Waals surface area contributed by atoms with Crippen LogP contribution in [0, 0.1) is 5.82 Å². The molecule has 0 aliphatic rings. The average molecular weight is 473 g/mol. The van der Waals surface area contributed by atoms with Crippen molar-refractivity contribution in [3.8, 4) is 0 Å². The van der Waals surface area contributed by atoms with Crippen LogP contribution in [-0.2, 0) is 0 Å². The molecule has 0 aliphatic carbocycles. The fourth-order valence-corrected chi connectivity index (χ4v) is 4.15. The van der Waals surface area contributed by atoms with E-state index in [2.05, 4.69) is 25.8 Å². The molecular formula is C19H20BrClFN3OS. The van der Waals surface area contributed by atoms with E-state index in [0.29, 0.717) is 17.2 Å². The Kier molecular flexibility index (Phi) is 7.73. The predicted molar refractivity (Wildman–Crippen MR) is 116 cm³/mol. The number of rotatable bonds is 6. The van der Waals surface area contributed by atoms with E-state index in [-0.39, 0.29) is 18.3 Å². The molecular weight excluding hydrogens is 453 g/mol. The van der Waals surface area contributed by atoms with Crippen molar-refractivity contribution < 1.29 is 9.18 Å². The first-order valence-corrected chi connectivity index (χ1v) is 9.83. The lowest BCUT2D eigenvalue weighted by molar-refractivity contribution is 0.0985. The number of hydrogen-bond acceptors (Lipinski definition) is 4. The number of anilines is 1. The topological polar surface area (TPSA) is 36.4 Å². The van der Waals surface area contributed by atoms with E-state index in [1.807, 2.05) is 32.3 Å². The minimum absolute atomic E-state index is 0. The largest absolute Gasteiger partial charge is 0.309 e. The monoisotopic (exact) mass is 471 g/mol. The van der Waals surface area contributed by atoms with Crippen LogP contribution in [0.15, 0.2) is 46.9 Å². The number of fused-ring (bicyclic) bond motifs is 1. The summed E-state index contributed by atoms with van der Waals surface area (Å²) in [5.41, 5.74) is 1.17. The van der Waals surface area contributed by atoms with Crippen LogP contribution in [0.25, 0.3) is 10.2 Å². The molecule has 144 valence electrons. The number of halogens is 3. The van der Waals surface area contributed by atoms with Gasteiger partial charge in [0.15, 0.2) is 5.13 Å². The number of carbonyl (C=O) groups is 1. The van der Waals surface area contributed by atoms with E-state index in [1.165, 1.54) is 23.5 Å². The van der Waals surface area contributed by atoms with Crippen molar-refractivity contribution in [1.29, 1.82) is 0 Å². The van der Waals surface area contributed by atoms with Crippen LogP contribution in [-0.4, -0.2) is 43.0 Å². The quantitative estimate of drug-likeness (QED) is 0.494. The van der Waals surface area contributed by atoms with Gasteiger partial charge in [-0.25, -0.2) is 9.37 Å². The van der Waals surface area contributed by atoms with Gasteiger partial charge in [0.1, 0.15) is 5.82 Å². The molecule has 4 nitrogen and oxygen atoms in total. The van der Waals surface area contributed by atoms with Gasteiger partial charge in [0, 0.05) is 16.6 Å². The highest BCUT2D eigenvalue weighted by atomic mass is 79.9. The van der Waals surface area contributed by atoms with Gasteiger partial charge < -0.3 is 4.90 Å². The summed E-state index contributed by atoms with van der Waals surface area (Å²) in [6, 6.07) is 11.6. The first-order valence-electron chi connectivity index (χ1n) is 8.22. The average Bonchev–Trinajstić information content (AvgIpc) is 3.00. The summed E-state index contributed by atoms with van der Waals surface area (Å²) in [5, 5.41) is 0.631. The van der Waals surface area contributed by atoms with Crippen LogP contribution >= 0.6 is 39.7 Å². The van der Waals surface area contributed by atoms with Gasteiger partial charge in [-0.2, -0.15) is 0 Å². The van der Waals surface area contributed by atoms with Gasteiger partial charge in [-0.1, -0.05) is 33.3 Å². The van der Waals surface area contributed by atoms with E-state index in [9.17, 15) is 9.18 Å². The smallest absolute Gasteiger partial charge is 0.260 e. The van der Waals surface area contributed by atoms with Crippen molar-refractivity contribution in [3.63, 3.8) is 0 Å². The zero-order valence-corrected chi connectivity index (χ0v) is 18.2. The Balaban J connectivity index is 0.00000261. The van der Waals surface area contributed by atoms with Crippen LogP contribution in [0.4, 0.5) is 9.52 Å². The van der Waals surface area contributed by atoms with Crippen molar-refractivity contribution in [2.24, 2.45) is 0 Å². The summed E-state index contributed by atoms with van der Waals surface area (Å²) in [6.45, 7) is 1.37. The number of carbonyl (C=O) groups excluding carboxylic acids is 1. The van der Waals surface area contributed by atoms with Gasteiger partial charge in [-0.15, -0.1) is 12.4 Å². The fourth-order valence-electron chi connectivity index (χ4n) is 2.61. The first-order chi connectivity index (χ1) is 12.4. The van der Waals surface area contributed by atoms with Crippen molar-refractivity contribution in [3.05, 3.63) is 58.3 Å². The van der Waals surface area contributed by atoms with Crippen molar-refractivity contribution in [1.82, 2.24) is 9.88 Å². The molecule has 0 unspecified atom stereocenters. The summed E-state index contributed by atoms with van der Waals surface area (Å²) in [5.74, 6) is -0.654. The summed E-state index contributed by atoms with van der Waals surface area (Å²) < 4.78 is 15.5. The third kappa shape index (κ3) is 5.48. The lowest BCUT2D eigenvalue weighted by Crippen LogP contribution is -2.33. The van der Waals surface area contributed by atoms with Crippen LogP contribution in [0.2, 0.25) is 0 Å². The Hall–Kier alpha value is -1.54. The summed E-state index contributed by atoms with van der Waals surface area (Å²) in [6.07, 6.45) is 0.799. The normalized spacial score (nSPS) is 10.9. The molecule has 1 aromatic heterocycles. The van der Waals surface area contributed by atoms with Crippen molar-refractivity contribution in [2.75, 3.05) is 32.1 Å². The van der Waals surface area contributed by atoms with Gasteiger partial charge in [-0.3, -0.25) is 9.69 Å². The van der Waals surface area contributed by atoms with Gasteiger partial charge in [0.05, 0.1) is 10.2 Å². The van der Waals surface area contributed by atoms with E-state index < -0.39 is 5.82 Å². The second kappa shape index (κ2) is 9.59. The zero-order chi connectivity index (χ0) is 18.7. The lowest BCUT2D eigenvalue weighted by atomic mass is 10.2. The van der Waals surface area contributed by atoms with E-state index in [0.717, 1.165) is 27.7 Å². The molecule has 2 aromatic carbocycles. The maximum absolute atomic E-state index is 13.6. The molecule has 0 saturated heterocycles. The molecule has 0 atom stereocenters. The maximum Gasteiger partial charge on any atom is 0.260 e. The molecule has 0 fully saturated rings. The molecule has 3 rings (SSSR count). The molecule has 8 heteroatoms. The summed E-state index contributed by atoms with van der Waals surface area (Å²) in [7, 11) is 3.99. The van der Waals surface area contributed by atoms with Crippen molar-refractivity contribution in [2.45, 2.75) is 6.42 Å². The SMILES string of the molecule is CN(C)CCCN(C(=O)c1cccc(F)c1)c1nc2ccc(Br)cc2s1.Cl. The number of aromatic nitrogens is 1. The first kappa shape index (κ1) is 21.8. The highest BCUT2D eigenvalue weighted by Gasteiger charge is 2.21. The molecule has 0 bridgehead atoms. The molecule has 0 radical (unpaired) electrons. The Labute approximate surface area is 176 Å². The minimum Gasteiger partial charge on any atom is -0.309 e. The van der Waals surface area contributed by atoms with Crippen LogP contribution in [0.1, 0.15) is 16.8 Å². The third-order valence-corrected chi connectivity index (χ3v) is 5.41. The van der Waals surface area contributed by atoms with Crippen molar-refractivity contribution >= 4 is 60.9 Å². The molecule has 0 N–H and O–H groups in total. The van der Waals surface area contributed by atoms with Gasteiger partial charge >= 0.3 is 0 Å². The van der Waals surface area contributed by atoms with E-state index in [4.69, 9.17) is 0 Å². The number of amides is 1. The molecule has 0 aliphatic heterocycles. The molecule has 0 saturated carbocycles. The van der Waals surface area contributed by atoms with Gasteiger partial charge in [-0.05, 0) is 63.5 Å². The fraction of sp³-hybridized carbons (Fsp3) is 0.263. The second-order valence-electron chi connectivity index (χ2n) is 6.23. The Bertz CT molecular complexity index is 934. The number of benzene rings is 2. The number of thiazole rings is 1. The van der Waals surface area contributed by atoms with Crippen LogP contribution in [0.3, 0.4) is 0 Å². The maximum atomic E-state index is 13.6. The predicted octanol–water partition coefficient (Wildman–Crippen LogP) is 5.22. The summed E-state index contributed by atoms with van der Waals surface area (Å²) in [4.78, 5) is 21.4. The zero-order valence-electron chi connectivity index (χ0n) is 15.0. The van der Waals surface area contributed by atoms with Crippen LogP contribution < -0.4 is 4.90 Å². The third-order valence-electron chi connectivity index (χ3n) is 3.87. The van der Waals surface area contributed by atoms with E-state index in [1.54, 1.807) is 17.0 Å². The molecule has 27 heavy (non-hydrogen) atoms. The number of nitrogens with zero attached hydrogens (tertiary/aromatic N) is 3.